The maximum absolute atomic E-state index is 12.7. The van der Waals surface area contributed by atoms with Crippen LogP contribution in [0, 0.1) is 0 Å². The Morgan fingerprint density at radius 2 is 1.02 bits per heavy atom. The van der Waals surface area contributed by atoms with Crippen molar-refractivity contribution in [3.05, 3.63) is 60.8 Å². The number of unbranched alkanes of at least 4 members (excludes halogenated alkanes) is 20. The summed E-state index contributed by atoms with van der Waals surface area (Å²) in [6.07, 6.45) is 49.9. The van der Waals surface area contributed by atoms with E-state index in [1.165, 1.54) is 122 Å². The lowest BCUT2D eigenvalue weighted by Gasteiger charge is -2.24. The Hall–Kier alpha value is -2.62. The minimum absolute atomic E-state index is 0.0131. The van der Waals surface area contributed by atoms with Gasteiger partial charge in [-0.1, -0.05) is 171 Å². The minimum atomic E-state index is -4.45. The van der Waals surface area contributed by atoms with Crippen molar-refractivity contribution in [3.8, 4) is 0 Å². The Balaban J connectivity index is 4.42. The third kappa shape index (κ3) is 47.2. The van der Waals surface area contributed by atoms with Crippen LogP contribution in [0.25, 0.3) is 0 Å². The largest absolute Gasteiger partial charge is 0.472 e. The molecule has 0 aromatic rings. The number of ether oxygens (including phenoxy) is 2. The molecule has 0 saturated heterocycles. The lowest BCUT2D eigenvalue weighted by Crippen LogP contribution is -2.37. The van der Waals surface area contributed by atoms with Crippen LogP contribution in [0.1, 0.15) is 200 Å². The van der Waals surface area contributed by atoms with Gasteiger partial charge in [0.2, 0.25) is 0 Å². The van der Waals surface area contributed by atoms with Gasteiger partial charge in [-0.15, -0.1) is 0 Å². The first-order valence-corrected chi connectivity index (χ1v) is 26.5. The number of phosphoric acid groups is 1. The summed E-state index contributed by atoms with van der Waals surface area (Å²) in [6.45, 7) is 4.12. The van der Waals surface area contributed by atoms with E-state index in [0.717, 1.165) is 38.5 Å². The number of hydrogen-bond donors (Lipinski definition) is 1. The topological polar surface area (TPSA) is 125 Å². The molecule has 0 aromatic carbocycles. The number of ketones is 1. The molecule has 0 amide bonds. The number of likely N-dealkylation sites (N-methyl/N-ethyl adjacent to an activating group) is 1. The molecular formula is C52H93NO9P+. The molecule has 0 aromatic heterocycles. The predicted molar refractivity (Wildman–Crippen MR) is 261 cm³/mol. The molecule has 0 heterocycles. The number of rotatable bonds is 45. The molecule has 10 nitrogen and oxygen atoms in total. The molecule has 0 bridgehead atoms. The number of allylic oxidation sites excluding steroid dienone is 10. The first kappa shape index (κ1) is 60.4. The first-order valence-electron chi connectivity index (χ1n) is 25.0. The van der Waals surface area contributed by atoms with E-state index < -0.39 is 32.5 Å². The van der Waals surface area contributed by atoms with Crippen molar-refractivity contribution < 1.29 is 46.8 Å². The zero-order chi connectivity index (χ0) is 46.5. The monoisotopic (exact) mass is 907 g/mol. The highest BCUT2D eigenvalue weighted by molar-refractivity contribution is 7.47. The molecule has 63 heavy (non-hydrogen) atoms. The SMILES string of the molecule is CCCCC/C=C\C/C=C\C/C=C\C=C\C(=O)CCCC(=O)O[C@H](COC(=O)CCCCCCCCCCCCC/C=C\CCCCCCCC)COP(=O)(O)OCC[N+](C)(C)C. The molecule has 0 saturated carbocycles. The average molecular weight is 907 g/mol. The van der Waals surface area contributed by atoms with Gasteiger partial charge < -0.3 is 18.9 Å². The highest BCUT2D eigenvalue weighted by atomic mass is 31.2. The fraction of sp³-hybridized carbons (Fsp3) is 0.750. The van der Waals surface area contributed by atoms with E-state index in [2.05, 4.69) is 50.3 Å². The van der Waals surface area contributed by atoms with Crippen LogP contribution in [0.3, 0.4) is 0 Å². The molecule has 1 N–H and O–H groups in total. The number of hydrogen-bond acceptors (Lipinski definition) is 8. The van der Waals surface area contributed by atoms with Gasteiger partial charge in [0.05, 0.1) is 27.7 Å². The fourth-order valence-electron chi connectivity index (χ4n) is 6.55. The molecule has 2 atom stereocenters. The van der Waals surface area contributed by atoms with Crippen LogP contribution in [-0.4, -0.2) is 80.7 Å². The lowest BCUT2D eigenvalue weighted by molar-refractivity contribution is -0.870. The van der Waals surface area contributed by atoms with Crippen molar-refractivity contribution >= 4 is 25.5 Å². The predicted octanol–water partition coefficient (Wildman–Crippen LogP) is 14.0. The van der Waals surface area contributed by atoms with Crippen LogP contribution in [0.15, 0.2) is 60.8 Å². The Labute approximate surface area is 385 Å². The summed E-state index contributed by atoms with van der Waals surface area (Å²) in [4.78, 5) is 47.8. The number of nitrogens with zero attached hydrogens (tertiary/aromatic N) is 1. The van der Waals surface area contributed by atoms with Crippen LogP contribution in [0.4, 0.5) is 0 Å². The van der Waals surface area contributed by atoms with Crippen LogP contribution in [-0.2, 0) is 37.5 Å². The van der Waals surface area contributed by atoms with E-state index in [1.807, 2.05) is 33.3 Å². The standard InChI is InChI=1S/C52H92NO9P/c1-6-8-10-12-14-16-18-20-21-22-23-24-25-26-27-29-31-33-35-37-39-43-51(55)59-47-50(48-61-63(57,58)60-46-45-53(3,4)5)62-52(56)44-40-42-49(54)41-38-36-34-32-30-28-19-17-15-13-11-9-7-2/h15,17,20-21,28,30,34,36,38,41,50H,6-14,16,18-19,22-27,29,31-33,35,37,39-40,42-48H2,1-5H3/p+1/b17-15-,21-20-,30-28-,36-34-,41-38+/t50-/m1/s1. The van der Waals surface area contributed by atoms with Gasteiger partial charge in [0.15, 0.2) is 11.9 Å². The molecule has 0 aliphatic rings. The summed E-state index contributed by atoms with van der Waals surface area (Å²) in [5.74, 6) is -1.17. The van der Waals surface area contributed by atoms with E-state index in [1.54, 1.807) is 6.08 Å². The molecule has 364 valence electrons. The normalized spacial score (nSPS) is 13.9. The first-order chi connectivity index (χ1) is 30.4. The van der Waals surface area contributed by atoms with Gasteiger partial charge in [0, 0.05) is 19.3 Å². The zero-order valence-corrected chi connectivity index (χ0v) is 41.7. The van der Waals surface area contributed by atoms with Crippen LogP contribution in [0.5, 0.6) is 0 Å². The van der Waals surface area contributed by atoms with Crippen molar-refractivity contribution in [3.63, 3.8) is 0 Å². The number of quaternary nitrogens is 1. The van der Waals surface area contributed by atoms with Gasteiger partial charge in [0.1, 0.15) is 19.8 Å². The molecule has 11 heteroatoms. The smallest absolute Gasteiger partial charge is 0.462 e. The molecule has 0 rings (SSSR count). The number of carbonyl (C=O) groups excluding carboxylic acids is 3. The second-order valence-electron chi connectivity index (χ2n) is 17.9. The van der Waals surface area contributed by atoms with E-state index in [-0.39, 0.29) is 44.7 Å². The molecule has 0 spiro atoms. The van der Waals surface area contributed by atoms with Gasteiger partial charge in [-0.3, -0.25) is 23.4 Å². The summed E-state index contributed by atoms with van der Waals surface area (Å²) in [5.41, 5.74) is 0. The molecule has 0 aliphatic carbocycles. The minimum Gasteiger partial charge on any atom is -0.462 e. The Morgan fingerprint density at radius 3 is 1.60 bits per heavy atom. The summed E-state index contributed by atoms with van der Waals surface area (Å²) < 4.78 is 34.2. The highest BCUT2D eigenvalue weighted by Crippen LogP contribution is 2.43. The third-order valence-corrected chi connectivity index (χ3v) is 11.5. The number of carbonyl (C=O) groups is 3. The van der Waals surface area contributed by atoms with Crippen molar-refractivity contribution in [2.45, 2.75) is 206 Å². The fourth-order valence-corrected chi connectivity index (χ4v) is 7.29. The zero-order valence-electron chi connectivity index (χ0n) is 40.8. The summed E-state index contributed by atoms with van der Waals surface area (Å²) in [7, 11) is 1.33. The van der Waals surface area contributed by atoms with Gasteiger partial charge in [-0.05, 0) is 70.3 Å². The second-order valence-corrected chi connectivity index (χ2v) is 19.3. The van der Waals surface area contributed by atoms with Gasteiger partial charge in [0.25, 0.3) is 0 Å². The van der Waals surface area contributed by atoms with E-state index in [4.69, 9.17) is 18.5 Å². The van der Waals surface area contributed by atoms with Gasteiger partial charge >= 0.3 is 19.8 Å². The Kier molecular flexibility index (Phi) is 41.5. The summed E-state index contributed by atoms with van der Waals surface area (Å²) in [5, 5.41) is 0. The number of esters is 2. The summed E-state index contributed by atoms with van der Waals surface area (Å²) in [6, 6.07) is 0. The summed E-state index contributed by atoms with van der Waals surface area (Å²) >= 11 is 0. The maximum Gasteiger partial charge on any atom is 0.472 e. The second kappa shape index (κ2) is 43.3. The molecule has 0 aliphatic heterocycles. The van der Waals surface area contributed by atoms with E-state index >= 15 is 0 Å². The Bertz CT molecular complexity index is 1320. The Morgan fingerprint density at radius 1 is 0.540 bits per heavy atom. The maximum atomic E-state index is 12.7. The van der Waals surface area contributed by atoms with Crippen molar-refractivity contribution in [2.24, 2.45) is 0 Å². The van der Waals surface area contributed by atoms with Gasteiger partial charge in [-0.2, -0.15) is 0 Å². The van der Waals surface area contributed by atoms with Crippen LogP contribution >= 0.6 is 7.82 Å². The third-order valence-electron chi connectivity index (χ3n) is 10.5. The van der Waals surface area contributed by atoms with Crippen molar-refractivity contribution in [2.75, 3.05) is 47.5 Å². The van der Waals surface area contributed by atoms with Crippen molar-refractivity contribution in [1.29, 1.82) is 0 Å². The lowest BCUT2D eigenvalue weighted by atomic mass is 10.0. The van der Waals surface area contributed by atoms with Gasteiger partial charge in [-0.25, -0.2) is 4.57 Å². The molecular weight excluding hydrogens is 814 g/mol. The number of phosphoric ester groups is 1. The molecule has 0 radical (unpaired) electrons. The quantitative estimate of drug-likeness (QED) is 0.0121. The highest BCUT2D eigenvalue weighted by Gasteiger charge is 2.27. The van der Waals surface area contributed by atoms with E-state index in [9.17, 15) is 23.8 Å². The average Bonchev–Trinajstić information content (AvgIpc) is 3.23. The molecule has 0 fully saturated rings. The molecule has 1 unspecified atom stereocenters. The van der Waals surface area contributed by atoms with Crippen molar-refractivity contribution in [1.82, 2.24) is 0 Å². The van der Waals surface area contributed by atoms with E-state index in [0.29, 0.717) is 17.4 Å². The van der Waals surface area contributed by atoms with Crippen LogP contribution in [0.2, 0.25) is 0 Å². The van der Waals surface area contributed by atoms with Crippen LogP contribution < -0.4 is 0 Å².